The van der Waals surface area contributed by atoms with Crippen LogP contribution >= 0.6 is 19.1 Å². The van der Waals surface area contributed by atoms with Crippen molar-refractivity contribution in [2.24, 2.45) is 47.3 Å². The van der Waals surface area contributed by atoms with Crippen molar-refractivity contribution >= 4 is 19.1 Å². The summed E-state index contributed by atoms with van der Waals surface area (Å²) >= 11 is -0.106. The summed E-state index contributed by atoms with van der Waals surface area (Å²) < 4.78 is 0. The van der Waals surface area contributed by atoms with Gasteiger partial charge in [-0.15, -0.1) is 0 Å². The zero-order valence-corrected chi connectivity index (χ0v) is 30.0. The third kappa shape index (κ3) is 10.2. The molecule has 0 N–H and O–H groups in total. The molecule has 234 valence electrons. The van der Waals surface area contributed by atoms with E-state index in [2.05, 4.69) is 89.2 Å². The molecular formula is C34H58Cl2N3Pd-. The van der Waals surface area contributed by atoms with Crippen molar-refractivity contribution < 1.29 is 15.9 Å². The van der Waals surface area contributed by atoms with E-state index < -0.39 is 0 Å². The molecule has 0 bridgehead atoms. The van der Waals surface area contributed by atoms with Gasteiger partial charge in [0.1, 0.15) is 0 Å². The molecular weight excluding hydrogens is 628 g/mol. The van der Waals surface area contributed by atoms with E-state index >= 15 is 0 Å². The second-order valence-electron chi connectivity index (χ2n) is 13.7. The molecule has 1 aromatic heterocycles. The molecule has 0 aromatic carbocycles. The predicted octanol–water partition coefficient (Wildman–Crippen LogP) is 10.5. The van der Waals surface area contributed by atoms with Gasteiger partial charge >= 0.3 is 35.0 Å². The number of halogens is 2. The number of aryl methyl sites for hydroxylation is 2. The Balaban J connectivity index is 0.000000427. The van der Waals surface area contributed by atoms with Crippen molar-refractivity contribution in [2.45, 2.75) is 120 Å². The number of pyridine rings is 1. The topological polar surface area (TPSA) is 19.4 Å². The summed E-state index contributed by atoms with van der Waals surface area (Å²) in [5.41, 5.74) is 2.18. The second kappa shape index (κ2) is 17.8. The van der Waals surface area contributed by atoms with Gasteiger partial charge < -0.3 is 9.80 Å². The van der Waals surface area contributed by atoms with Gasteiger partial charge in [-0.2, -0.15) is 6.67 Å². The molecule has 0 radical (unpaired) electrons. The van der Waals surface area contributed by atoms with Crippen LogP contribution in [0.4, 0.5) is 0 Å². The first kappa shape index (κ1) is 35.9. The van der Waals surface area contributed by atoms with Crippen molar-refractivity contribution in [3.05, 3.63) is 48.7 Å². The van der Waals surface area contributed by atoms with Crippen LogP contribution in [0.1, 0.15) is 105 Å². The summed E-state index contributed by atoms with van der Waals surface area (Å²) in [5, 5.41) is 0. The number of hydrogen-bond donors (Lipinski definition) is 0. The van der Waals surface area contributed by atoms with Crippen molar-refractivity contribution in [2.75, 3.05) is 0 Å². The van der Waals surface area contributed by atoms with Gasteiger partial charge in [0, 0.05) is 23.5 Å². The monoisotopic (exact) mass is 684 g/mol. The normalized spacial score (nSPS) is 28.7. The van der Waals surface area contributed by atoms with Crippen molar-refractivity contribution in [3.8, 4) is 0 Å². The van der Waals surface area contributed by atoms with Gasteiger partial charge in [-0.25, -0.2) is 0 Å². The van der Waals surface area contributed by atoms with Crippen LogP contribution in [0.5, 0.6) is 0 Å². The number of rotatable bonds is 6. The molecule has 4 atom stereocenters. The molecule has 2 saturated carbocycles. The molecule has 3 nitrogen and oxygen atoms in total. The van der Waals surface area contributed by atoms with Crippen LogP contribution in [-0.2, 0) is 15.9 Å². The van der Waals surface area contributed by atoms with Crippen LogP contribution < -0.4 is 0 Å². The van der Waals surface area contributed by atoms with E-state index in [1.54, 1.807) is 0 Å². The van der Waals surface area contributed by atoms with Gasteiger partial charge in [0.15, 0.2) is 0 Å². The van der Waals surface area contributed by atoms with E-state index in [4.69, 9.17) is 19.1 Å². The third-order valence-electron chi connectivity index (χ3n) is 9.72. The summed E-state index contributed by atoms with van der Waals surface area (Å²) in [7, 11) is 9.63. The van der Waals surface area contributed by atoms with E-state index in [-0.39, 0.29) is 15.9 Å². The summed E-state index contributed by atoms with van der Waals surface area (Å²) in [4.78, 5) is 9.47. The maximum atomic E-state index is 4.81. The Morgan fingerprint density at radius 3 is 1.20 bits per heavy atom. The third-order valence-corrected chi connectivity index (χ3v) is 9.72. The molecule has 0 spiro atoms. The Bertz CT molecular complexity index is 779. The molecule has 2 fully saturated rings. The first-order valence-corrected chi connectivity index (χ1v) is 19.7. The number of aromatic nitrogens is 1. The molecule has 3 aliphatic rings. The van der Waals surface area contributed by atoms with Crippen LogP contribution in [0.2, 0.25) is 0 Å². The van der Waals surface area contributed by atoms with Gasteiger partial charge in [-0.05, 0) is 111 Å². The molecule has 1 aromatic rings. The average Bonchev–Trinajstić information content (AvgIpc) is 3.38. The van der Waals surface area contributed by atoms with Gasteiger partial charge in [-0.1, -0.05) is 74.3 Å². The Labute approximate surface area is 264 Å². The summed E-state index contributed by atoms with van der Waals surface area (Å²) in [6.07, 6.45) is 13.3. The van der Waals surface area contributed by atoms with Gasteiger partial charge in [0.2, 0.25) is 0 Å². The molecule has 6 heteroatoms. The Hall–Kier alpha value is -0.268. The van der Waals surface area contributed by atoms with Crippen LogP contribution in [0.25, 0.3) is 0 Å². The minimum atomic E-state index is -0.106. The Morgan fingerprint density at radius 1 is 0.675 bits per heavy atom. The zero-order chi connectivity index (χ0) is 30.0. The van der Waals surface area contributed by atoms with Crippen LogP contribution in [0.15, 0.2) is 30.6 Å². The summed E-state index contributed by atoms with van der Waals surface area (Å²) in [5.74, 6) is 6.29. The Morgan fingerprint density at radius 2 is 0.975 bits per heavy atom. The van der Waals surface area contributed by atoms with E-state index in [1.807, 2.05) is 32.0 Å². The van der Waals surface area contributed by atoms with Crippen molar-refractivity contribution in [3.63, 3.8) is 0 Å². The molecule has 4 rings (SSSR count). The van der Waals surface area contributed by atoms with E-state index in [0.717, 1.165) is 58.7 Å². The molecule has 0 saturated heterocycles. The first-order chi connectivity index (χ1) is 18.9. The van der Waals surface area contributed by atoms with Gasteiger partial charge in [0.25, 0.3) is 0 Å². The number of hydrogen-bond acceptors (Lipinski definition) is 3. The van der Waals surface area contributed by atoms with Crippen molar-refractivity contribution in [1.82, 2.24) is 14.8 Å². The maximum absolute atomic E-state index is 4.81. The van der Waals surface area contributed by atoms with Crippen LogP contribution in [0.3, 0.4) is 0 Å². The molecule has 1 aliphatic heterocycles. The predicted molar refractivity (Wildman–Crippen MR) is 171 cm³/mol. The van der Waals surface area contributed by atoms with E-state index in [1.165, 1.54) is 38.5 Å². The summed E-state index contributed by atoms with van der Waals surface area (Å²) in [6.45, 7) is 26.1. The van der Waals surface area contributed by atoms with Crippen LogP contribution in [0, 0.1) is 67.9 Å². The minimum absolute atomic E-state index is 0.106. The zero-order valence-electron chi connectivity index (χ0n) is 26.9. The molecule has 4 unspecified atom stereocenters. The Kier molecular flexibility index (Phi) is 15.9. The quantitative estimate of drug-likeness (QED) is 0.219. The van der Waals surface area contributed by atoms with E-state index in [0.29, 0.717) is 12.1 Å². The first-order valence-electron chi connectivity index (χ1n) is 15.7. The van der Waals surface area contributed by atoms with Gasteiger partial charge in [0.05, 0.1) is 0 Å². The molecule has 2 aliphatic carbocycles. The van der Waals surface area contributed by atoms with Crippen LogP contribution in [-0.4, -0.2) is 26.9 Å². The SMILES string of the molecule is CC(C)C1CCCC(C(C)C)C1N1C=CN(C2C(C(C)C)CCCC2C(C)C)[CH-]1.Cc1cccc(C)n1.[Cl][Pd][Cl]. The molecule has 0 amide bonds. The number of nitrogens with zero attached hydrogens (tertiary/aromatic N) is 3. The fourth-order valence-electron chi connectivity index (χ4n) is 7.71. The van der Waals surface area contributed by atoms with E-state index in [9.17, 15) is 0 Å². The summed E-state index contributed by atoms with van der Waals surface area (Å²) in [6, 6.07) is 7.34. The van der Waals surface area contributed by atoms with Gasteiger partial charge in [-0.3, -0.25) is 4.98 Å². The standard InChI is InChI=1S/C27H49N2.C7H9N.2ClH.Pd/c1-18(2)22-11-9-12-23(19(3)4)26(22)28-15-16-29(17-28)27-24(20(5)6)13-10-14-25(27)21(7)8;1-6-4-3-5-7(2)8-6;;;/h15-27H,9-14H2,1-8H3;3-5H,1-2H3;2*1H;/q-1;;;;+2/p-2. The average molecular weight is 686 g/mol. The molecule has 40 heavy (non-hydrogen) atoms. The second-order valence-corrected chi connectivity index (χ2v) is 16.1. The van der Waals surface area contributed by atoms with Crippen molar-refractivity contribution in [1.29, 1.82) is 0 Å². The fourth-order valence-corrected chi connectivity index (χ4v) is 7.71. The fraction of sp³-hybridized carbons (Fsp3) is 0.765. The molecule has 2 heterocycles.